The highest BCUT2D eigenvalue weighted by atomic mass is 35.5. The Bertz CT molecular complexity index is 1720. The van der Waals surface area contributed by atoms with Gasteiger partial charge in [-0.2, -0.15) is 5.06 Å². The van der Waals surface area contributed by atoms with Gasteiger partial charge >= 0.3 is 5.97 Å². The van der Waals surface area contributed by atoms with Crippen LogP contribution in [-0.4, -0.2) is 49.9 Å². The van der Waals surface area contributed by atoms with E-state index in [2.05, 4.69) is 5.32 Å². The van der Waals surface area contributed by atoms with Crippen molar-refractivity contribution >= 4 is 39.0 Å². The number of carbonyl (C=O) groups is 2. The first-order valence-corrected chi connectivity index (χ1v) is 16.4. The lowest BCUT2D eigenvalue weighted by atomic mass is 9.68. The summed E-state index contributed by atoms with van der Waals surface area (Å²) in [5.74, 6) is -7.19. The van der Waals surface area contributed by atoms with E-state index in [1.165, 1.54) is 19.2 Å². The molecule has 2 saturated carbocycles. The highest BCUT2D eigenvalue weighted by Gasteiger charge is 2.63. The van der Waals surface area contributed by atoms with Gasteiger partial charge in [0.05, 0.1) is 34.4 Å². The summed E-state index contributed by atoms with van der Waals surface area (Å²) in [5, 5.41) is 3.20. The maximum Gasteiger partial charge on any atom is 0.313 e. The van der Waals surface area contributed by atoms with Crippen LogP contribution in [0.5, 0.6) is 0 Å². The van der Waals surface area contributed by atoms with E-state index >= 15 is 0 Å². The number of amides is 1. The molecule has 1 aliphatic heterocycles. The molecule has 3 aromatic rings. The molecule has 1 N–H and O–H groups in total. The Hall–Kier alpha value is -3.45. The summed E-state index contributed by atoms with van der Waals surface area (Å²) in [5.41, 5.74) is -0.249. The van der Waals surface area contributed by atoms with Crippen molar-refractivity contribution in [2.24, 2.45) is 17.8 Å². The van der Waals surface area contributed by atoms with E-state index < -0.39 is 55.9 Å². The molecular formula is C32H30ClF3N2O6S. The lowest BCUT2D eigenvalue weighted by Crippen LogP contribution is -2.57. The minimum absolute atomic E-state index is 0.0764. The topological polar surface area (TPSA) is 102 Å². The first-order chi connectivity index (χ1) is 21.4. The van der Waals surface area contributed by atoms with Crippen LogP contribution in [0.2, 0.25) is 5.02 Å². The van der Waals surface area contributed by atoms with Crippen LogP contribution in [0, 0.1) is 35.2 Å². The smallest absolute Gasteiger partial charge is 0.313 e. The summed E-state index contributed by atoms with van der Waals surface area (Å²) < 4.78 is 74.4. The van der Waals surface area contributed by atoms with Crippen molar-refractivity contribution in [3.05, 3.63) is 94.3 Å². The van der Waals surface area contributed by atoms with E-state index in [1.807, 2.05) is 35.4 Å². The third-order valence-electron chi connectivity index (χ3n) is 9.37. The SMILES string of the molecule is COC(=O)C1CON(Cc2ccccc2)[C@]12CC1CCC(C2)[C@@H]1S(=O)(=O)c1cc(C(=O)Nc2cc(F)c(F)c(F)c2)ccc1Cl. The Morgan fingerprint density at radius 2 is 1.67 bits per heavy atom. The van der Waals surface area contributed by atoms with Crippen LogP contribution in [0.15, 0.2) is 65.6 Å². The second-order valence-electron chi connectivity index (χ2n) is 11.9. The van der Waals surface area contributed by atoms with Gasteiger partial charge in [-0.25, -0.2) is 21.6 Å². The zero-order valence-electron chi connectivity index (χ0n) is 24.1. The lowest BCUT2D eigenvalue weighted by molar-refractivity contribution is -0.187. The number of carbonyl (C=O) groups excluding carboxylic acids is 2. The highest BCUT2D eigenvalue weighted by molar-refractivity contribution is 7.92. The van der Waals surface area contributed by atoms with Gasteiger partial charge in [0.25, 0.3) is 5.91 Å². The van der Waals surface area contributed by atoms with Crippen molar-refractivity contribution in [1.29, 1.82) is 0 Å². The molecule has 13 heteroatoms. The number of ether oxygens (including phenoxy) is 1. The van der Waals surface area contributed by atoms with Crippen LogP contribution in [0.25, 0.3) is 0 Å². The molecule has 3 atom stereocenters. The Morgan fingerprint density at radius 3 is 2.29 bits per heavy atom. The maximum atomic E-state index is 14.3. The fourth-order valence-electron chi connectivity index (χ4n) is 7.41. The van der Waals surface area contributed by atoms with Gasteiger partial charge in [-0.1, -0.05) is 41.9 Å². The number of hydrogen-bond acceptors (Lipinski definition) is 7. The lowest BCUT2D eigenvalue weighted by Gasteiger charge is -2.47. The molecule has 3 fully saturated rings. The van der Waals surface area contributed by atoms with Crippen molar-refractivity contribution in [3.63, 3.8) is 0 Å². The quantitative estimate of drug-likeness (QED) is 0.247. The van der Waals surface area contributed by atoms with Crippen molar-refractivity contribution in [2.75, 3.05) is 19.0 Å². The van der Waals surface area contributed by atoms with E-state index in [0.29, 0.717) is 44.4 Å². The monoisotopic (exact) mass is 662 g/mol. The number of esters is 1. The van der Waals surface area contributed by atoms with Gasteiger partial charge in [-0.15, -0.1) is 0 Å². The van der Waals surface area contributed by atoms with Crippen LogP contribution in [0.1, 0.15) is 41.6 Å². The number of anilines is 1. The number of benzene rings is 3. The minimum Gasteiger partial charge on any atom is -0.469 e. The standard InChI is InChI=1S/C32H30ClF3N2O6S/c1-43-31(40)23-17-44-38(16-18-5-3-2-4-6-18)32(23)14-20-7-8-21(15-32)29(20)45(41,42)27-11-19(9-10-24(27)33)30(39)37-22-12-25(34)28(36)26(35)13-22/h2-6,9-13,20-21,23,29H,7-8,14-17H2,1H3,(H,37,39)/t20?,21?,23?,29-,32+. The molecule has 0 radical (unpaired) electrons. The zero-order valence-corrected chi connectivity index (χ0v) is 25.7. The number of halogens is 4. The summed E-state index contributed by atoms with van der Waals surface area (Å²) in [6.07, 6.45) is 1.98. The number of methoxy groups -OCH3 is 1. The molecular weight excluding hydrogens is 633 g/mol. The second kappa shape index (κ2) is 12.1. The third-order valence-corrected chi connectivity index (χ3v) is 12.2. The Balaban J connectivity index is 1.29. The molecule has 3 aliphatic rings. The predicted octanol–water partition coefficient (Wildman–Crippen LogP) is 5.95. The Kier molecular flexibility index (Phi) is 8.44. The molecule has 238 valence electrons. The molecule has 1 amide bonds. The van der Waals surface area contributed by atoms with Crippen LogP contribution in [0.4, 0.5) is 18.9 Å². The normalized spacial score (nSPS) is 26.2. The summed E-state index contributed by atoms with van der Waals surface area (Å²) in [6, 6.07) is 14.6. The highest BCUT2D eigenvalue weighted by Crippen LogP contribution is 2.57. The molecule has 45 heavy (non-hydrogen) atoms. The molecule has 2 bridgehead atoms. The van der Waals surface area contributed by atoms with Gasteiger partial charge in [-0.3, -0.25) is 14.4 Å². The minimum atomic E-state index is -4.10. The molecule has 0 aromatic heterocycles. The molecule has 3 aromatic carbocycles. The van der Waals surface area contributed by atoms with Crippen LogP contribution in [-0.2, 0) is 30.8 Å². The van der Waals surface area contributed by atoms with Gasteiger partial charge in [0.15, 0.2) is 27.3 Å². The summed E-state index contributed by atoms with van der Waals surface area (Å²) in [6.45, 7) is 0.539. The summed E-state index contributed by atoms with van der Waals surface area (Å²) in [4.78, 5) is 31.8. The molecule has 6 rings (SSSR count). The van der Waals surface area contributed by atoms with Gasteiger partial charge in [-0.05, 0) is 61.3 Å². The van der Waals surface area contributed by atoms with Crippen molar-refractivity contribution in [3.8, 4) is 0 Å². The van der Waals surface area contributed by atoms with Crippen LogP contribution in [0.3, 0.4) is 0 Å². The average molecular weight is 663 g/mol. The van der Waals surface area contributed by atoms with E-state index in [9.17, 15) is 31.2 Å². The first kappa shape index (κ1) is 31.5. The number of nitrogens with zero attached hydrogens (tertiary/aromatic N) is 1. The molecule has 1 heterocycles. The van der Waals surface area contributed by atoms with Gasteiger partial charge in [0, 0.05) is 29.9 Å². The summed E-state index contributed by atoms with van der Waals surface area (Å²) in [7, 11) is -2.77. The molecule has 3 unspecified atom stereocenters. The predicted molar refractivity (Wildman–Crippen MR) is 158 cm³/mol. The largest absolute Gasteiger partial charge is 0.469 e. The average Bonchev–Trinajstić information content (AvgIpc) is 3.49. The van der Waals surface area contributed by atoms with Crippen LogP contribution < -0.4 is 5.32 Å². The molecule has 1 saturated heterocycles. The van der Waals surface area contributed by atoms with Crippen molar-refractivity contribution < 1.29 is 40.8 Å². The Morgan fingerprint density at radius 1 is 1.02 bits per heavy atom. The molecule has 8 nitrogen and oxygen atoms in total. The fraction of sp³-hybridized carbons (Fsp3) is 0.375. The zero-order chi connectivity index (χ0) is 32.1. The second-order valence-corrected chi connectivity index (χ2v) is 14.3. The van der Waals surface area contributed by atoms with Crippen LogP contribution >= 0.6 is 11.6 Å². The van der Waals surface area contributed by atoms with Gasteiger partial charge < -0.3 is 10.1 Å². The molecule has 1 spiro atoms. The number of nitrogens with one attached hydrogen (secondary N) is 1. The number of rotatable bonds is 7. The van der Waals surface area contributed by atoms with E-state index in [0.717, 1.165) is 11.6 Å². The first-order valence-electron chi connectivity index (χ1n) is 14.5. The van der Waals surface area contributed by atoms with E-state index in [4.69, 9.17) is 21.2 Å². The van der Waals surface area contributed by atoms with Crippen molar-refractivity contribution in [1.82, 2.24) is 5.06 Å². The van der Waals surface area contributed by atoms with E-state index in [-0.39, 0.29) is 39.6 Å². The third kappa shape index (κ3) is 5.62. The summed E-state index contributed by atoms with van der Waals surface area (Å²) >= 11 is 6.42. The fourth-order valence-corrected chi connectivity index (χ4v) is 10.3. The van der Waals surface area contributed by atoms with Gasteiger partial charge in [0.2, 0.25) is 0 Å². The number of hydrogen-bond donors (Lipinski definition) is 1. The number of hydroxylamine groups is 2. The van der Waals surface area contributed by atoms with Gasteiger partial charge in [0.1, 0.15) is 5.92 Å². The maximum absolute atomic E-state index is 14.3. The Labute approximate surface area is 263 Å². The number of sulfone groups is 1. The van der Waals surface area contributed by atoms with Crippen molar-refractivity contribution in [2.45, 2.75) is 47.9 Å². The molecule has 2 aliphatic carbocycles. The van der Waals surface area contributed by atoms with E-state index in [1.54, 1.807) is 0 Å². The number of fused-ring (bicyclic) bond motifs is 2.